The van der Waals surface area contributed by atoms with Gasteiger partial charge < -0.3 is 5.73 Å². The largest absolute Gasteiger partial charge is 0.319 e. The molecule has 2 N–H and O–H groups in total. The number of halogens is 4. The molecular formula is C12H9BrClF2NS. The maximum absolute atomic E-state index is 13.8. The van der Waals surface area contributed by atoms with E-state index in [9.17, 15) is 8.78 Å². The van der Waals surface area contributed by atoms with Gasteiger partial charge >= 0.3 is 0 Å². The molecule has 1 aromatic carbocycles. The van der Waals surface area contributed by atoms with Gasteiger partial charge in [0.15, 0.2) is 0 Å². The van der Waals surface area contributed by atoms with Crippen LogP contribution in [0.25, 0.3) is 0 Å². The third kappa shape index (κ3) is 2.59. The molecule has 6 heteroatoms. The first kappa shape index (κ1) is 13.9. The van der Waals surface area contributed by atoms with Crippen molar-refractivity contribution in [2.75, 3.05) is 0 Å². The summed E-state index contributed by atoms with van der Waals surface area (Å²) in [4.78, 5) is 1.80. The molecule has 1 nitrogen and oxygen atoms in total. The summed E-state index contributed by atoms with van der Waals surface area (Å²) in [5.41, 5.74) is 6.08. The van der Waals surface area contributed by atoms with Crippen LogP contribution in [-0.2, 0) is 0 Å². The zero-order chi connectivity index (χ0) is 13.4. The SMILES string of the molecule is Cc1cc(Br)c(C(N)c2cc(F)c(Cl)cc2F)s1. The molecule has 0 bridgehead atoms. The Morgan fingerprint density at radius 1 is 1.28 bits per heavy atom. The Balaban J connectivity index is 2.49. The van der Waals surface area contributed by atoms with Crippen LogP contribution >= 0.6 is 38.9 Å². The minimum absolute atomic E-state index is 0.0967. The average molecular weight is 353 g/mol. The minimum atomic E-state index is -0.718. The molecule has 0 spiro atoms. The Kier molecular flexibility index (Phi) is 4.06. The van der Waals surface area contributed by atoms with E-state index in [1.54, 1.807) is 0 Å². The van der Waals surface area contributed by atoms with Gasteiger partial charge in [-0.1, -0.05) is 11.6 Å². The molecule has 0 fully saturated rings. The molecule has 0 aliphatic rings. The number of benzene rings is 1. The van der Waals surface area contributed by atoms with E-state index in [1.807, 2.05) is 13.0 Å². The molecule has 0 saturated carbocycles. The van der Waals surface area contributed by atoms with Crippen LogP contribution in [0.15, 0.2) is 22.7 Å². The predicted molar refractivity (Wildman–Crippen MR) is 74.2 cm³/mol. The number of aryl methyl sites for hydroxylation is 1. The molecule has 0 aliphatic heterocycles. The normalized spacial score (nSPS) is 12.8. The van der Waals surface area contributed by atoms with Crippen LogP contribution in [0, 0.1) is 18.6 Å². The third-order valence-corrected chi connectivity index (χ3v) is 4.84. The van der Waals surface area contributed by atoms with Crippen LogP contribution in [0.5, 0.6) is 0 Å². The molecule has 1 unspecified atom stereocenters. The van der Waals surface area contributed by atoms with E-state index in [1.165, 1.54) is 11.3 Å². The van der Waals surface area contributed by atoms with Crippen LogP contribution in [0.4, 0.5) is 8.78 Å². The lowest BCUT2D eigenvalue weighted by Crippen LogP contribution is -2.13. The van der Waals surface area contributed by atoms with Gasteiger partial charge in [0, 0.05) is 19.8 Å². The quantitative estimate of drug-likeness (QED) is 0.772. The maximum atomic E-state index is 13.8. The van der Waals surface area contributed by atoms with Crippen LogP contribution in [0.1, 0.15) is 21.4 Å². The summed E-state index contributed by atoms with van der Waals surface area (Å²) in [7, 11) is 0. The summed E-state index contributed by atoms with van der Waals surface area (Å²) in [5.74, 6) is -1.28. The summed E-state index contributed by atoms with van der Waals surface area (Å²) in [6, 6.07) is 3.17. The van der Waals surface area contributed by atoms with E-state index in [4.69, 9.17) is 17.3 Å². The zero-order valence-electron chi connectivity index (χ0n) is 9.31. The monoisotopic (exact) mass is 351 g/mol. The Morgan fingerprint density at radius 2 is 1.94 bits per heavy atom. The van der Waals surface area contributed by atoms with Crippen molar-refractivity contribution in [2.24, 2.45) is 5.73 Å². The second-order valence-electron chi connectivity index (χ2n) is 3.83. The molecular weight excluding hydrogens is 344 g/mol. The first-order chi connectivity index (χ1) is 8.40. The van der Waals surface area contributed by atoms with Gasteiger partial charge in [0.05, 0.1) is 11.1 Å². The fourth-order valence-corrected chi connectivity index (χ4v) is 3.70. The highest BCUT2D eigenvalue weighted by Gasteiger charge is 2.20. The molecule has 2 rings (SSSR count). The van der Waals surface area contributed by atoms with Crippen molar-refractivity contribution in [1.29, 1.82) is 0 Å². The maximum Gasteiger partial charge on any atom is 0.142 e. The fraction of sp³-hybridized carbons (Fsp3) is 0.167. The van der Waals surface area contributed by atoms with Crippen LogP contribution < -0.4 is 5.73 Å². The Morgan fingerprint density at radius 3 is 2.50 bits per heavy atom. The van der Waals surface area contributed by atoms with E-state index >= 15 is 0 Å². The van der Waals surface area contributed by atoms with Gasteiger partial charge in [-0.25, -0.2) is 8.78 Å². The first-order valence-electron chi connectivity index (χ1n) is 5.06. The molecule has 1 aromatic heterocycles. The van der Waals surface area contributed by atoms with Crippen LogP contribution in [0.2, 0.25) is 5.02 Å². The van der Waals surface area contributed by atoms with Crippen molar-refractivity contribution < 1.29 is 8.78 Å². The number of nitrogens with two attached hydrogens (primary N) is 1. The summed E-state index contributed by atoms with van der Waals surface area (Å²) in [5, 5.41) is -0.245. The minimum Gasteiger partial charge on any atom is -0.319 e. The summed E-state index contributed by atoms with van der Waals surface area (Å²) >= 11 is 10.3. The fourth-order valence-electron chi connectivity index (χ4n) is 1.63. The molecule has 0 radical (unpaired) electrons. The van der Waals surface area contributed by atoms with Crippen molar-refractivity contribution in [3.63, 3.8) is 0 Å². The standard InChI is InChI=1S/C12H9BrClF2NS/c1-5-2-7(13)12(18-5)11(17)6-3-10(16)8(14)4-9(6)15/h2-4,11H,17H2,1H3. The molecule has 1 heterocycles. The van der Waals surface area contributed by atoms with E-state index in [-0.39, 0.29) is 10.6 Å². The summed E-state index contributed by atoms with van der Waals surface area (Å²) in [6.07, 6.45) is 0. The van der Waals surface area contributed by atoms with Gasteiger partial charge in [-0.3, -0.25) is 0 Å². The van der Waals surface area contributed by atoms with Gasteiger partial charge in [0.25, 0.3) is 0 Å². The third-order valence-electron chi connectivity index (χ3n) is 2.49. The highest BCUT2D eigenvalue weighted by atomic mass is 79.9. The smallest absolute Gasteiger partial charge is 0.142 e. The lowest BCUT2D eigenvalue weighted by molar-refractivity contribution is 0.578. The number of rotatable bonds is 2. The van der Waals surface area contributed by atoms with Crippen LogP contribution in [-0.4, -0.2) is 0 Å². The highest BCUT2D eigenvalue weighted by Crippen LogP contribution is 2.35. The van der Waals surface area contributed by atoms with Crippen molar-refractivity contribution in [3.8, 4) is 0 Å². The number of hydrogen-bond donors (Lipinski definition) is 1. The lowest BCUT2D eigenvalue weighted by Gasteiger charge is -2.12. The Hall–Kier alpha value is -0.490. The highest BCUT2D eigenvalue weighted by molar-refractivity contribution is 9.10. The van der Waals surface area contributed by atoms with E-state index in [0.29, 0.717) is 0 Å². The average Bonchev–Trinajstić information content (AvgIpc) is 2.62. The topological polar surface area (TPSA) is 26.0 Å². The van der Waals surface area contributed by atoms with E-state index in [2.05, 4.69) is 15.9 Å². The molecule has 18 heavy (non-hydrogen) atoms. The lowest BCUT2D eigenvalue weighted by atomic mass is 10.1. The summed E-state index contributed by atoms with van der Waals surface area (Å²) < 4.78 is 27.9. The Bertz CT molecular complexity index is 600. The van der Waals surface area contributed by atoms with Gasteiger partial charge in [0.1, 0.15) is 11.6 Å². The molecule has 0 saturated heterocycles. The van der Waals surface area contributed by atoms with Crippen molar-refractivity contribution in [1.82, 2.24) is 0 Å². The number of thiophene rings is 1. The van der Waals surface area contributed by atoms with Crippen molar-refractivity contribution >= 4 is 38.9 Å². The van der Waals surface area contributed by atoms with Gasteiger partial charge in [-0.05, 0) is 41.1 Å². The molecule has 2 aromatic rings. The summed E-state index contributed by atoms with van der Waals surface area (Å²) in [6.45, 7) is 1.92. The van der Waals surface area contributed by atoms with Crippen molar-refractivity contribution in [3.05, 3.63) is 54.6 Å². The van der Waals surface area contributed by atoms with Gasteiger partial charge in [0.2, 0.25) is 0 Å². The number of hydrogen-bond acceptors (Lipinski definition) is 2. The molecule has 0 aliphatic carbocycles. The van der Waals surface area contributed by atoms with Gasteiger partial charge in [-0.15, -0.1) is 11.3 Å². The van der Waals surface area contributed by atoms with Crippen LogP contribution in [0.3, 0.4) is 0 Å². The van der Waals surface area contributed by atoms with E-state index < -0.39 is 17.7 Å². The first-order valence-corrected chi connectivity index (χ1v) is 7.04. The zero-order valence-corrected chi connectivity index (χ0v) is 12.5. The second-order valence-corrected chi connectivity index (χ2v) is 6.38. The second kappa shape index (κ2) is 5.25. The Labute approximate surface area is 121 Å². The predicted octanol–water partition coefficient (Wildman–Crippen LogP) is 4.80. The molecule has 1 atom stereocenters. The van der Waals surface area contributed by atoms with Gasteiger partial charge in [-0.2, -0.15) is 0 Å². The van der Waals surface area contributed by atoms with E-state index in [0.717, 1.165) is 26.4 Å². The van der Waals surface area contributed by atoms with Crippen molar-refractivity contribution in [2.45, 2.75) is 13.0 Å². The molecule has 0 amide bonds. The molecule has 96 valence electrons.